The molecule has 0 saturated heterocycles. The summed E-state index contributed by atoms with van der Waals surface area (Å²) in [6.45, 7) is 0. The van der Waals surface area contributed by atoms with E-state index in [2.05, 4.69) is 3.46 Å². The van der Waals surface area contributed by atoms with Crippen LogP contribution < -0.4 is 3.46 Å². The Morgan fingerprint density at radius 2 is 2.25 bits per heavy atom. The van der Waals surface area contributed by atoms with Crippen molar-refractivity contribution in [2.75, 3.05) is 0 Å². The molecule has 1 N–H and O–H groups in total. The van der Waals surface area contributed by atoms with Crippen LogP contribution in [0.3, 0.4) is 0 Å². The van der Waals surface area contributed by atoms with Gasteiger partial charge in [-0.05, 0) is 0 Å². The van der Waals surface area contributed by atoms with Gasteiger partial charge in [0.2, 0.25) is 0 Å². The Hall–Kier alpha value is 0.531. The summed E-state index contributed by atoms with van der Waals surface area (Å²) in [5.74, 6) is 0. The number of hydrogen-bond acceptors (Lipinski definition) is 1. The fourth-order valence-corrected chi connectivity index (χ4v) is 0. The van der Waals surface area contributed by atoms with Crippen LogP contribution in [0.15, 0.2) is 0 Å². The van der Waals surface area contributed by atoms with Crippen LogP contribution in [0, 0.1) is 0 Å². The van der Waals surface area contributed by atoms with Gasteiger partial charge in [-0.3, -0.25) is 0 Å². The predicted octanol–water partition coefficient (Wildman–Crippen LogP) is -1.27. The maximum atomic E-state index is 9.27. The average Bonchev–Trinajstić information content (AvgIpc) is 1.37. The molecule has 0 bridgehead atoms. The van der Waals surface area contributed by atoms with Gasteiger partial charge in [0.1, 0.15) is 0 Å². The molecule has 0 aliphatic carbocycles. The van der Waals surface area contributed by atoms with E-state index in [0.717, 1.165) is 0 Å². The second-order valence-electron chi connectivity index (χ2n) is 0.262. The molecule has 0 radical (unpaired) electrons. The molecule has 0 aromatic carbocycles. The van der Waals surface area contributed by atoms with Gasteiger partial charge in [0.15, 0.2) is 0 Å². The van der Waals surface area contributed by atoms with Gasteiger partial charge >= 0.3 is 38.2 Å². The molecular weight excluding hydrogens is 106 g/mol. The SMILES string of the molecule is O=[SiH][NH][Ti]. The summed E-state index contributed by atoms with van der Waals surface area (Å²) in [4.78, 5) is 0. The maximum absolute atomic E-state index is 9.27. The van der Waals surface area contributed by atoms with Crippen LogP contribution in [0.1, 0.15) is 0 Å². The molecule has 0 aliphatic heterocycles. The molecule has 0 aromatic rings. The first kappa shape index (κ1) is 4.53. The van der Waals surface area contributed by atoms with E-state index in [9.17, 15) is 4.46 Å². The second-order valence-corrected chi connectivity index (χ2v) is 2.14. The van der Waals surface area contributed by atoms with E-state index < -0.39 is 9.57 Å². The van der Waals surface area contributed by atoms with Crippen LogP contribution in [0.4, 0.5) is 0 Å². The topological polar surface area (TPSA) is 29.1 Å². The van der Waals surface area contributed by atoms with Crippen molar-refractivity contribution < 1.29 is 25.2 Å². The van der Waals surface area contributed by atoms with Crippen molar-refractivity contribution in [1.82, 2.24) is 3.46 Å². The molecule has 0 unspecified atom stereocenters. The van der Waals surface area contributed by atoms with Crippen molar-refractivity contribution in [3.05, 3.63) is 0 Å². The van der Waals surface area contributed by atoms with Crippen LogP contribution >= 0.6 is 0 Å². The second kappa shape index (κ2) is 3.53. The van der Waals surface area contributed by atoms with Crippen molar-refractivity contribution in [2.24, 2.45) is 0 Å². The molecular formula is H2NOSiTi. The van der Waals surface area contributed by atoms with Crippen molar-refractivity contribution >= 4 is 9.57 Å². The molecule has 0 saturated carbocycles. The van der Waals surface area contributed by atoms with Crippen molar-refractivity contribution in [3.63, 3.8) is 0 Å². The number of hydrogen-bond donors (Lipinski definition) is 1. The Kier molecular flexibility index (Phi) is 4.00. The average molecular weight is 108 g/mol. The first-order chi connectivity index (χ1) is 1.91. The minimum absolute atomic E-state index is 0.718. The van der Waals surface area contributed by atoms with Gasteiger partial charge < -0.3 is 0 Å². The Labute approximate surface area is 38.6 Å². The summed E-state index contributed by atoms with van der Waals surface area (Å²) >= 11 is 1.66. The molecule has 4 heteroatoms. The Morgan fingerprint density at radius 3 is 2.25 bits per heavy atom. The summed E-state index contributed by atoms with van der Waals surface area (Å²) in [6, 6.07) is 0. The normalized spacial score (nSPS) is 4.75. The zero-order valence-corrected chi connectivity index (χ0v) is 4.70. The Bertz CT molecular complexity index is 22.0. The van der Waals surface area contributed by atoms with Crippen molar-refractivity contribution in [1.29, 1.82) is 0 Å². The Balaban J connectivity index is 2.30. The molecule has 4 heavy (non-hydrogen) atoms. The Morgan fingerprint density at radius 1 is 2.00 bits per heavy atom. The van der Waals surface area contributed by atoms with Gasteiger partial charge in [-0.25, -0.2) is 0 Å². The summed E-state index contributed by atoms with van der Waals surface area (Å²) in [7, 11) is -0.718. The van der Waals surface area contributed by atoms with E-state index in [1.54, 1.807) is 20.7 Å². The van der Waals surface area contributed by atoms with Crippen molar-refractivity contribution in [3.8, 4) is 0 Å². The quantitative estimate of drug-likeness (QED) is 0.424. The van der Waals surface area contributed by atoms with E-state index in [1.807, 2.05) is 0 Å². The minimum atomic E-state index is -0.718. The van der Waals surface area contributed by atoms with Crippen LogP contribution in [-0.4, -0.2) is 9.57 Å². The molecule has 0 aromatic heterocycles. The van der Waals surface area contributed by atoms with Gasteiger partial charge in [-0.2, -0.15) is 0 Å². The van der Waals surface area contributed by atoms with E-state index in [4.69, 9.17) is 0 Å². The summed E-state index contributed by atoms with van der Waals surface area (Å²) in [5, 5.41) is 0. The zero-order chi connectivity index (χ0) is 3.41. The van der Waals surface area contributed by atoms with Crippen LogP contribution in [0.5, 0.6) is 0 Å². The molecule has 0 atom stereocenters. The molecule has 2 nitrogen and oxygen atoms in total. The summed E-state index contributed by atoms with van der Waals surface area (Å²) in [6.07, 6.45) is 0. The molecule has 0 heterocycles. The molecule has 0 spiro atoms. The van der Waals surface area contributed by atoms with Gasteiger partial charge in [0.05, 0.1) is 0 Å². The third kappa shape index (κ3) is 2.53. The van der Waals surface area contributed by atoms with E-state index in [0.29, 0.717) is 0 Å². The molecule has 0 fully saturated rings. The van der Waals surface area contributed by atoms with Crippen LogP contribution in [-0.2, 0) is 25.2 Å². The molecule has 0 rings (SSSR count). The molecule has 0 amide bonds. The van der Waals surface area contributed by atoms with Crippen LogP contribution in [0.2, 0.25) is 0 Å². The van der Waals surface area contributed by atoms with E-state index >= 15 is 0 Å². The zero-order valence-electron chi connectivity index (χ0n) is 1.99. The number of nitrogens with one attached hydrogen (secondary N) is 1. The monoisotopic (exact) mass is 108 g/mol. The first-order valence-electron chi connectivity index (χ1n) is 0.774. The third-order valence-corrected chi connectivity index (χ3v) is 0.729. The summed E-state index contributed by atoms with van der Waals surface area (Å²) < 4.78 is 11.7. The first-order valence-corrected chi connectivity index (χ1v) is 2.60. The fraction of sp³-hybridized carbons (Fsp3) is 0. The van der Waals surface area contributed by atoms with Gasteiger partial charge in [-0.15, -0.1) is 0 Å². The van der Waals surface area contributed by atoms with Gasteiger partial charge in [0.25, 0.3) is 0 Å². The van der Waals surface area contributed by atoms with Gasteiger partial charge in [0, 0.05) is 0 Å². The molecule has 21 valence electrons. The van der Waals surface area contributed by atoms with Crippen molar-refractivity contribution in [2.45, 2.75) is 0 Å². The van der Waals surface area contributed by atoms with Crippen LogP contribution in [0.25, 0.3) is 0 Å². The molecule has 0 aliphatic rings. The van der Waals surface area contributed by atoms with E-state index in [1.165, 1.54) is 0 Å². The fourth-order valence-electron chi connectivity index (χ4n) is 0. The third-order valence-electron chi connectivity index (χ3n) is 0.0589. The van der Waals surface area contributed by atoms with E-state index in [-0.39, 0.29) is 0 Å². The predicted molar refractivity (Wildman–Crippen MR) is 11.0 cm³/mol. The standard InChI is InChI=1S/H2NOSi.Ti/c1-3-2;/h1,3H;/q-1;+1. The number of rotatable bonds is 1. The summed E-state index contributed by atoms with van der Waals surface area (Å²) in [5.41, 5.74) is 0. The van der Waals surface area contributed by atoms with Gasteiger partial charge in [-0.1, -0.05) is 0 Å².